The van der Waals surface area contributed by atoms with Crippen LogP contribution in [0.25, 0.3) is 5.69 Å². The van der Waals surface area contributed by atoms with Crippen LogP contribution in [0.15, 0.2) is 61.1 Å². The van der Waals surface area contributed by atoms with E-state index >= 15 is 0 Å². The third-order valence-corrected chi connectivity index (χ3v) is 3.07. The average molecular weight is 294 g/mol. The topological polar surface area (TPSA) is 69.0 Å². The monoisotopic (exact) mass is 294 g/mol. The van der Waals surface area contributed by atoms with Gasteiger partial charge in [0.2, 0.25) is 0 Å². The largest absolute Gasteiger partial charge is 0.493 e. The van der Waals surface area contributed by atoms with Crippen LogP contribution in [0, 0.1) is 0 Å². The highest BCUT2D eigenvalue weighted by Gasteiger charge is 2.18. The molecular weight excluding hydrogens is 280 g/mol. The Kier molecular flexibility index (Phi) is 3.82. The van der Waals surface area contributed by atoms with Crippen LogP contribution in [0.5, 0.6) is 5.75 Å². The molecule has 1 amide bonds. The fourth-order valence-corrected chi connectivity index (χ4v) is 2.00. The van der Waals surface area contributed by atoms with Gasteiger partial charge in [-0.2, -0.15) is 5.10 Å². The molecule has 2 aromatic heterocycles. The fraction of sp³-hybridized carbons (Fsp3) is 0.0625. The normalized spacial score (nSPS) is 10.2. The summed E-state index contributed by atoms with van der Waals surface area (Å²) in [5, 5.41) is 7.07. The summed E-state index contributed by atoms with van der Waals surface area (Å²) < 4.78 is 6.86. The number of aromatic nitrogens is 3. The second-order valence-corrected chi connectivity index (χ2v) is 4.52. The van der Waals surface area contributed by atoms with E-state index in [-0.39, 0.29) is 11.6 Å². The molecular formula is C16H14N4O2. The minimum Gasteiger partial charge on any atom is -0.493 e. The molecule has 3 aromatic rings. The van der Waals surface area contributed by atoms with E-state index in [1.54, 1.807) is 35.4 Å². The number of rotatable bonds is 4. The Morgan fingerprint density at radius 3 is 2.55 bits per heavy atom. The van der Waals surface area contributed by atoms with Crippen molar-refractivity contribution in [2.75, 3.05) is 12.4 Å². The summed E-state index contributed by atoms with van der Waals surface area (Å²) in [6.07, 6.45) is 4.89. The molecule has 0 spiro atoms. The van der Waals surface area contributed by atoms with E-state index in [0.29, 0.717) is 11.4 Å². The molecule has 0 aliphatic heterocycles. The van der Waals surface area contributed by atoms with E-state index < -0.39 is 0 Å². The molecule has 110 valence electrons. The Balaban J connectivity index is 1.90. The van der Waals surface area contributed by atoms with E-state index in [1.807, 2.05) is 30.3 Å². The highest BCUT2D eigenvalue weighted by Crippen LogP contribution is 2.20. The SMILES string of the molecule is COc1cn(-c2ccccc2)nc1C(=O)Nc1ccncc1. The van der Waals surface area contributed by atoms with E-state index in [0.717, 1.165) is 5.69 Å². The van der Waals surface area contributed by atoms with Crippen molar-refractivity contribution in [2.45, 2.75) is 0 Å². The zero-order chi connectivity index (χ0) is 15.4. The second-order valence-electron chi connectivity index (χ2n) is 4.52. The highest BCUT2D eigenvalue weighted by molar-refractivity contribution is 6.04. The lowest BCUT2D eigenvalue weighted by Crippen LogP contribution is -2.14. The van der Waals surface area contributed by atoms with E-state index in [9.17, 15) is 4.79 Å². The molecule has 0 saturated carbocycles. The van der Waals surface area contributed by atoms with Crippen molar-refractivity contribution in [3.05, 3.63) is 66.7 Å². The van der Waals surface area contributed by atoms with Crippen molar-refractivity contribution in [1.82, 2.24) is 14.8 Å². The lowest BCUT2D eigenvalue weighted by atomic mass is 10.3. The molecule has 0 atom stereocenters. The number of nitrogens with zero attached hydrogens (tertiary/aromatic N) is 3. The first kappa shape index (κ1) is 13.8. The Morgan fingerprint density at radius 2 is 1.86 bits per heavy atom. The molecule has 0 fully saturated rings. The van der Waals surface area contributed by atoms with Crippen LogP contribution in [0.4, 0.5) is 5.69 Å². The maximum absolute atomic E-state index is 12.4. The van der Waals surface area contributed by atoms with Crippen LogP contribution in [0.2, 0.25) is 0 Å². The van der Waals surface area contributed by atoms with Gasteiger partial charge in [0.05, 0.1) is 19.0 Å². The minimum absolute atomic E-state index is 0.225. The highest BCUT2D eigenvalue weighted by atomic mass is 16.5. The van der Waals surface area contributed by atoms with Gasteiger partial charge < -0.3 is 10.1 Å². The van der Waals surface area contributed by atoms with Crippen LogP contribution in [0.1, 0.15) is 10.5 Å². The molecule has 0 bridgehead atoms. The third-order valence-electron chi connectivity index (χ3n) is 3.07. The van der Waals surface area contributed by atoms with Gasteiger partial charge in [-0.25, -0.2) is 4.68 Å². The number of para-hydroxylation sites is 1. The lowest BCUT2D eigenvalue weighted by molar-refractivity contribution is 0.101. The maximum Gasteiger partial charge on any atom is 0.280 e. The molecule has 0 aliphatic carbocycles. The van der Waals surface area contributed by atoms with Gasteiger partial charge >= 0.3 is 0 Å². The number of carbonyl (C=O) groups is 1. The summed E-state index contributed by atoms with van der Waals surface area (Å²) in [6.45, 7) is 0. The zero-order valence-electron chi connectivity index (χ0n) is 11.9. The van der Waals surface area contributed by atoms with Crippen LogP contribution in [-0.4, -0.2) is 27.8 Å². The maximum atomic E-state index is 12.4. The summed E-state index contributed by atoms with van der Waals surface area (Å²) in [4.78, 5) is 16.3. The molecule has 2 heterocycles. The van der Waals surface area contributed by atoms with Crippen LogP contribution in [-0.2, 0) is 0 Å². The van der Waals surface area contributed by atoms with Crippen molar-refractivity contribution >= 4 is 11.6 Å². The average Bonchev–Trinajstić information content (AvgIpc) is 3.01. The number of nitrogens with one attached hydrogen (secondary N) is 1. The number of carbonyl (C=O) groups excluding carboxylic acids is 1. The lowest BCUT2D eigenvalue weighted by Gasteiger charge is -2.03. The predicted molar refractivity (Wildman–Crippen MR) is 82.3 cm³/mol. The molecule has 22 heavy (non-hydrogen) atoms. The number of pyridine rings is 1. The van der Waals surface area contributed by atoms with Crippen LogP contribution < -0.4 is 10.1 Å². The first-order valence-electron chi connectivity index (χ1n) is 6.68. The quantitative estimate of drug-likeness (QED) is 0.802. The molecule has 0 saturated heterocycles. The Hall–Kier alpha value is -3.15. The molecule has 6 nitrogen and oxygen atoms in total. The van der Waals surface area contributed by atoms with E-state index in [2.05, 4.69) is 15.4 Å². The predicted octanol–water partition coefficient (Wildman–Crippen LogP) is 2.53. The fourth-order valence-electron chi connectivity index (χ4n) is 2.00. The molecule has 1 N–H and O–H groups in total. The zero-order valence-corrected chi connectivity index (χ0v) is 11.9. The number of hydrogen-bond donors (Lipinski definition) is 1. The summed E-state index contributed by atoms with van der Waals surface area (Å²) in [5.74, 6) is 0.0770. The van der Waals surface area contributed by atoms with Gasteiger partial charge in [0, 0.05) is 18.1 Å². The third kappa shape index (κ3) is 2.80. The first-order valence-corrected chi connectivity index (χ1v) is 6.68. The van der Waals surface area contributed by atoms with E-state index in [1.165, 1.54) is 7.11 Å². The molecule has 0 radical (unpaired) electrons. The second kappa shape index (κ2) is 6.09. The molecule has 0 unspecified atom stereocenters. The first-order chi connectivity index (χ1) is 10.8. The van der Waals surface area contributed by atoms with Gasteiger partial charge in [-0.3, -0.25) is 9.78 Å². The number of ether oxygens (including phenoxy) is 1. The Labute approximate surface area is 127 Å². The van der Waals surface area contributed by atoms with Gasteiger partial charge in [0.1, 0.15) is 0 Å². The summed E-state index contributed by atoms with van der Waals surface area (Å²) in [6, 6.07) is 12.9. The van der Waals surface area contributed by atoms with Crippen molar-refractivity contribution in [1.29, 1.82) is 0 Å². The van der Waals surface area contributed by atoms with Crippen LogP contribution in [0.3, 0.4) is 0 Å². The van der Waals surface area contributed by atoms with E-state index in [4.69, 9.17) is 4.74 Å². The summed E-state index contributed by atoms with van der Waals surface area (Å²) >= 11 is 0. The number of methoxy groups -OCH3 is 1. The smallest absolute Gasteiger partial charge is 0.280 e. The van der Waals surface area contributed by atoms with Crippen LogP contribution >= 0.6 is 0 Å². The van der Waals surface area contributed by atoms with Gasteiger partial charge in [0.25, 0.3) is 5.91 Å². The van der Waals surface area contributed by atoms with Crippen molar-refractivity contribution in [3.8, 4) is 11.4 Å². The van der Waals surface area contributed by atoms with Gasteiger partial charge in [-0.05, 0) is 24.3 Å². The molecule has 1 aromatic carbocycles. The standard InChI is InChI=1S/C16H14N4O2/c1-22-14-11-20(13-5-3-2-4-6-13)19-15(14)16(21)18-12-7-9-17-10-8-12/h2-11H,1H3,(H,17,18,21). The number of anilines is 1. The Morgan fingerprint density at radius 1 is 1.14 bits per heavy atom. The van der Waals surface area contributed by atoms with Gasteiger partial charge in [-0.1, -0.05) is 18.2 Å². The van der Waals surface area contributed by atoms with Gasteiger partial charge in [0.15, 0.2) is 11.4 Å². The Bertz CT molecular complexity index is 769. The molecule has 6 heteroatoms. The molecule has 3 rings (SSSR count). The number of hydrogen-bond acceptors (Lipinski definition) is 4. The van der Waals surface area contributed by atoms with Crippen molar-refractivity contribution in [3.63, 3.8) is 0 Å². The molecule has 0 aliphatic rings. The number of amides is 1. The van der Waals surface area contributed by atoms with Crippen molar-refractivity contribution in [2.24, 2.45) is 0 Å². The summed E-state index contributed by atoms with van der Waals surface area (Å²) in [7, 11) is 1.51. The summed E-state index contributed by atoms with van der Waals surface area (Å²) in [5.41, 5.74) is 1.73. The van der Waals surface area contributed by atoms with Gasteiger partial charge in [-0.15, -0.1) is 0 Å². The van der Waals surface area contributed by atoms with Crippen molar-refractivity contribution < 1.29 is 9.53 Å². The minimum atomic E-state index is -0.335. The number of benzene rings is 1.